The van der Waals surface area contributed by atoms with Crippen LogP contribution in [0.25, 0.3) is 11.4 Å². The highest BCUT2D eigenvalue weighted by molar-refractivity contribution is 7.71. The third-order valence-corrected chi connectivity index (χ3v) is 6.21. The first-order valence-electron chi connectivity index (χ1n) is 9.72. The fourth-order valence-corrected chi connectivity index (χ4v) is 4.22. The van der Waals surface area contributed by atoms with Crippen LogP contribution in [0.15, 0.2) is 42.5 Å². The number of benzene rings is 2. The molecule has 7 heteroatoms. The van der Waals surface area contributed by atoms with Gasteiger partial charge in [-0.3, -0.25) is 14.5 Å². The number of carbonyl (C=O) groups is 1. The van der Waals surface area contributed by atoms with Gasteiger partial charge in [-0.1, -0.05) is 29.8 Å². The summed E-state index contributed by atoms with van der Waals surface area (Å²) in [5.74, 6) is 0.695. The molecule has 1 aromatic heterocycles. The van der Waals surface area contributed by atoms with E-state index in [2.05, 4.69) is 42.2 Å². The molecule has 1 aliphatic rings. The number of rotatable bonds is 4. The molecule has 0 spiro atoms. The molecule has 1 atom stereocenters. The van der Waals surface area contributed by atoms with E-state index in [0.717, 1.165) is 24.9 Å². The molecule has 1 aliphatic heterocycles. The minimum atomic E-state index is 0.0541. The number of amides is 1. The quantitative estimate of drug-likeness (QED) is 0.580. The molecule has 0 radical (unpaired) electrons. The van der Waals surface area contributed by atoms with Gasteiger partial charge in [-0.05, 0) is 79.9 Å². The van der Waals surface area contributed by atoms with E-state index in [1.807, 2.05) is 17.0 Å². The molecular weight excluding hydrogens is 404 g/mol. The lowest BCUT2D eigenvalue weighted by Crippen LogP contribution is -2.33. The molecule has 150 valence electrons. The molecule has 1 amide bonds. The number of likely N-dealkylation sites (tertiary alicyclic amines) is 1. The van der Waals surface area contributed by atoms with E-state index in [1.54, 1.807) is 16.7 Å². The monoisotopic (exact) mass is 426 g/mol. The highest BCUT2D eigenvalue weighted by Gasteiger charge is 2.30. The van der Waals surface area contributed by atoms with Crippen molar-refractivity contribution >= 4 is 29.7 Å². The van der Waals surface area contributed by atoms with Crippen LogP contribution >= 0.6 is 23.8 Å². The normalized spacial score (nSPS) is 16.4. The Morgan fingerprint density at radius 2 is 1.97 bits per heavy atom. The number of aromatic nitrogens is 3. The van der Waals surface area contributed by atoms with Gasteiger partial charge in [0, 0.05) is 17.1 Å². The Morgan fingerprint density at radius 3 is 2.69 bits per heavy atom. The molecule has 1 fully saturated rings. The number of halogens is 1. The zero-order chi connectivity index (χ0) is 20.5. The molecule has 2 aromatic carbocycles. The summed E-state index contributed by atoms with van der Waals surface area (Å²) in [4.78, 5) is 15.2. The van der Waals surface area contributed by atoms with E-state index < -0.39 is 0 Å². The molecule has 4 rings (SSSR count). The second-order valence-electron chi connectivity index (χ2n) is 7.53. The van der Waals surface area contributed by atoms with Crippen LogP contribution < -0.4 is 0 Å². The lowest BCUT2D eigenvalue weighted by Gasteiger charge is -2.26. The van der Waals surface area contributed by atoms with Crippen LogP contribution in [-0.4, -0.2) is 32.1 Å². The predicted molar refractivity (Wildman–Crippen MR) is 117 cm³/mol. The molecule has 1 N–H and O–H groups in total. The highest BCUT2D eigenvalue weighted by Crippen LogP contribution is 2.33. The first kappa shape index (κ1) is 19.9. The molecule has 0 saturated carbocycles. The van der Waals surface area contributed by atoms with Gasteiger partial charge in [0.1, 0.15) is 6.54 Å². The second kappa shape index (κ2) is 8.13. The van der Waals surface area contributed by atoms with Gasteiger partial charge in [-0.25, -0.2) is 0 Å². The van der Waals surface area contributed by atoms with Crippen molar-refractivity contribution < 1.29 is 4.79 Å². The summed E-state index contributed by atoms with van der Waals surface area (Å²) in [6.45, 7) is 5.14. The molecule has 3 aromatic rings. The molecule has 0 aliphatic carbocycles. The Kier molecular flexibility index (Phi) is 5.56. The van der Waals surface area contributed by atoms with Gasteiger partial charge in [0.2, 0.25) is 5.91 Å². The molecule has 2 heterocycles. The van der Waals surface area contributed by atoms with E-state index in [1.165, 1.54) is 16.7 Å². The van der Waals surface area contributed by atoms with Crippen LogP contribution in [0, 0.1) is 18.6 Å². The molecule has 5 nitrogen and oxygen atoms in total. The van der Waals surface area contributed by atoms with Crippen LogP contribution in [0.2, 0.25) is 5.02 Å². The van der Waals surface area contributed by atoms with Gasteiger partial charge in [-0.2, -0.15) is 5.10 Å². The SMILES string of the molecule is Cc1ccc(C2CCCN2C(=O)Cn2c(-c3ccc(Cl)cc3)n[nH]c2=S)cc1C. The van der Waals surface area contributed by atoms with Gasteiger partial charge in [0.15, 0.2) is 10.6 Å². The lowest BCUT2D eigenvalue weighted by atomic mass is 9.99. The summed E-state index contributed by atoms with van der Waals surface area (Å²) in [5.41, 5.74) is 4.58. The van der Waals surface area contributed by atoms with Crippen molar-refractivity contribution in [3.63, 3.8) is 0 Å². The number of hydrogen-bond acceptors (Lipinski definition) is 3. The molecule has 1 unspecified atom stereocenters. The summed E-state index contributed by atoms with van der Waals surface area (Å²) in [6, 6.07) is 14.0. The number of carbonyl (C=O) groups excluding carboxylic acids is 1. The number of hydrogen-bond donors (Lipinski definition) is 1. The number of aromatic amines is 1. The highest BCUT2D eigenvalue weighted by atomic mass is 35.5. The third-order valence-electron chi connectivity index (χ3n) is 5.64. The minimum Gasteiger partial charge on any atom is -0.334 e. The summed E-state index contributed by atoms with van der Waals surface area (Å²) in [7, 11) is 0. The number of aryl methyl sites for hydroxylation is 2. The summed E-state index contributed by atoms with van der Waals surface area (Å²) in [6.07, 6.45) is 1.99. The Bertz CT molecular complexity index is 1100. The molecule has 0 bridgehead atoms. The first-order valence-corrected chi connectivity index (χ1v) is 10.5. The average molecular weight is 427 g/mol. The van der Waals surface area contributed by atoms with Crippen molar-refractivity contribution in [2.45, 2.75) is 39.3 Å². The molecular formula is C22H23ClN4OS. The topological polar surface area (TPSA) is 53.9 Å². The second-order valence-corrected chi connectivity index (χ2v) is 8.36. The first-order chi connectivity index (χ1) is 13.9. The van der Waals surface area contributed by atoms with E-state index >= 15 is 0 Å². The van der Waals surface area contributed by atoms with Gasteiger partial charge >= 0.3 is 0 Å². The fraction of sp³-hybridized carbons (Fsp3) is 0.318. The Hall–Kier alpha value is -2.44. The van der Waals surface area contributed by atoms with Crippen molar-refractivity contribution in [2.75, 3.05) is 6.54 Å². The lowest BCUT2D eigenvalue weighted by molar-refractivity contribution is -0.132. The van der Waals surface area contributed by atoms with Crippen LogP contribution in [-0.2, 0) is 11.3 Å². The fourth-order valence-electron chi connectivity index (χ4n) is 3.89. The van der Waals surface area contributed by atoms with Crippen LogP contribution in [0.3, 0.4) is 0 Å². The van der Waals surface area contributed by atoms with Crippen molar-refractivity contribution in [2.24, 2.45) is 0 Å². The Morgan fingerprint density at radius 1 is 1.21 bits per heavy atom. The summed E-state index contributed by atoms with van der Waals surface area (Å²) < 4.78 is 2.20. The number of nitrogens with zero attached hydrogens (tertiary/aromatic N) is 3. The number of H-pyrrole nitrogens is 1. The van der Waals surface area contributed by atoms with Crippen LogP contribution in [0.4, 0.5) is 0 Å². The van der Waals surface area contributed by atoms with Gasteiger partial charge < -0.3 is 4.90 Å². The smallest absolute Gasteiger partial charge is 0.243 e. The van der Waals surface area contributed by atoms with Crippen molar-refractivity contribution in [3.8, 4) is 11.4 Å². The van der Waals surface area contributed by atoms with Gasteiger partial charge in [-0.15, -0.1) is 0 Å². The van der Waals surface area contributed by atoms with E-state index in [9.17, 15) is 4.79 Å². The molecule has 29 heavy (non-hydrogen) atoms. The minimum absolute atomic E-state index is 0.0541. The maximum Gasteiger partial charge on any atom is 0.243 e. The maximum atomic E-state index is 13.2. The van der Waals surface area contributed by atoms with Crippen molar-refractivity contribution in [3.05, 3.63) is 68.9 Å². The maximum absolute atomic E-state index is 13.2. The van der Waals surface area contributed by atoms with Gasteiger partial charge in [0.25, 0.3) is 0 Å². The molecule has 1 saturated heterocycles. The van der Waals surface area contributed by atoms with E-state index in [4.69, 9.17) is 23.8 Å². The van der Waals surface area contributed by atoms with Crippen LogP contribution in [0.1, 0.15) is 35.6 Å². The standard InChI is InChI=1S/C22H23ClN4OS/c1-14-5-6-17(12-15(14)2)19-4-3-11-26(19)20(28)13-27-21(24-25-22(27)29)16-7-9-18(23)10-8-16/h5-10,12,19H,3-4,11,13H2,1-2H3,(H,25,29). The van der Waals surface area contributed by atoms with Crippen molar-refractivity contribution in [1.29, 1.82) is 0 Å². The largest absolute Gasteiger partial charge is 0.334 e. The zero-order valence-corrected chi connectivity index (χ0v) is 18.1. The van der Waals surface area contributed by atoms with Crippen molar-refractivity contribution in [1.82, 2.24) is 19.7 Å². The predicted octanol–water partition coefficient (Wildman–Crippen LogP) is 5.24. The summed E-state index contributed by atoms with van der Waals surface area (Å²) in [5, 5.41) is 7.79. The van der Waals surface area contributed by atoms with E-state index in [0.29, 0.717) is 15.6 Å². The Labute approximate surface area is 180 Å². The average Bonchev–Trinajstić information content (AvgIpc) is 3.33. The Balaban J connectivity index is 1.59. The zero-order valence-electron chi connectivity index (χ0n) is 16.5. The third kappa shape index (κ3) is 4.00. The summed E-state index contributed by atoms with van der Waals surface area (Å²) >= 11 is 11.4. The van der Waals surface area contributed by atoms with Gasteiger partial charge in [0.05, 0.1) is 6.04 Å². The van der Waals surface area contributed by atoms with Crippen LogP contribution in [0.5, 0.6) is 0 Å². The van der Waals surface area contributed by atoms with E-state index in [-0.39, 0.29) is 18.5 Å². The number of nitrogens with one attached hydrogen (secondary N) is 1.